The fourth-order valence-electron chi connectivity index (χ4n) is 1.17. The third-order valence-corrected chi connectivity index (χ3v) is 1.70. The molecule has 0 fully saturated rings. The molecule has 0 saturated carbocycles. The molecule has 13 heavy (non-hydrogen) atoms. The summed E-state index contributed by atoms with van der Waals surface area (Å²) in [6, 6.07) is 0. The number of fused-ring (bicyclic) bond motifs is 1. The lowest BCUT2D eigenvalue weighted by Gasteiger charge is -2.19. The van der Waals surface area contributed by atoms with Gasteiger partial charge in [-0.3, -0.25) is 5.73 Å². The maximum absolute atomic E-state index is 8.97. The highest BCUT2D eigenvalue weighted by Crippen LogP contribution is 2.14. The van der Waals surface area contributed by atoms with Crippen LogP contribution in [0.5, 0.6) is 0 Å². The number of aliphatic hydroxyl groups is 1. The molecule has 1 aromatic heterocycles. The number of anilines is 1. The third-order valence-electron chi connectivity index (χ3n) is 1.70. The number of hydrogen-bond acceptors (Lipinski definition) is 6. The van der Waals surface area contributed by atoms with E-state index in [0.29, 0.717) is 17.2 Å². The summed E-state index contributed by atoms with van der Waals surface area (Å²) in [4.78, 5) is 12.0. The largest absolute Gasteiger partial charge is 0.390 e. The zero-order chi connectivity index (χ0) is 9.26. The molecule has 1 aromatic rings. The fraction of sp³-hybridized carbons (Fsp3) is 0.286. The second-order valence-electron chi connectivity index (χ2n) is 2.58. The highest BCUT2D eigenvalue weighted by molar-refractivity contribution is 6.04. The number of aliphatic hydroxyl groups excluding tert-OH is 1. The van der Waals surface area contributed by atoms with Gasteiger partial charge in [0.2, 0.25) is 0 Å². The Balaban J connectivity index is 2.49. The number of aliphatic imine (C=N–C) groups is 1. The first-order valence-corrected chi connectivity index (χ1v) is 3.82. The van der Waals surface area contributed by atoms with Gasteiger partial charge in [0.25, 0.3) is 0 Å². The summed E-state index contributed by atoms with van der Waals surface area (Å²) < 4.78 is 0. The molecule has 1 unspecified atom stereocenters. The first kappa shape index (κ1) is 8.09. The lowest BCUT2D eigenvalue weighted by molar-refractivity contribution is 0.356. The van der Waals surface area contributed by atoms with Gasteiger partial charge >= 0.3 is 0 Å². The van der Waals surface area contributed by atoms with Crippen molar-refractivity contribution in [2.75, 3.05) is 11.9 Å². The predicted octanol–water partition coefficient (Wildman–Crippen LogP) is -1.07. The highest BCUT2D eigenvalue weighted by atomic mass is 16.3. The van der Waals surface area contributed by atoms with Gasteiger partial charge < -0.3 is 10.4 Å². The minimum Gasteiger partial charge on any atom is -0.390 e. The summed E-state index contributed by atoms with van der Waals surface area (Å²) >= 11 is 0. The van der Waals surface area contributed by atoms with Gasteiger partial charge in [-0.05, 0) is 0 Å². The van der Waals surface area contributed by atoms with Gasteiger partial charge in [0.05, 0.1) is 12.3 Å². The lowest BCUT2D eigenvalue weighted by atomic mass is 10.2. The van der Waals surface area contributed by atoms with E-state index in [1.807, 2.05) is 0 Å². The average Bonchev–Trinajstić information content (AvgIpc) is 2.16. The molecule has 0 aliphatic carbocycles. The first-order valence-electron chi connectivity index (χ1n) is 3.82. The number of nitrogens with zero attached hydrogens (tertiary/aromatic N) is 3. The number of aromatic nitrogens is 2. The van der Waals surface area contributed by atoms with Crippen molar-refractivity contribution in [1.29, 1.82) is 0 Å². The maximum atomic E-state index is 8.97. The Bertz CT molecular complexity index is 350. The standard InChI is InChI=1S/C7H9N5O/c8-7-11-4(3-13)5-6(12-7)10-2-1-9-5/h1-2,7,13H,3,8H2,(H,10,12). The van der Waals surface area contributed by atoms with E-state index in [1.165, 1.54) is 0 Å². The van der Waals surface area contributed by atoms with Crippen LogP contribution in [0.3, 0.4) is 0 Å². The number of nitrogens with one attached hydrogen (secondary N) is 1. The van der Waals surface area contributed by atoms with Gasteiger partial charge in [0.15, 0.2) is 12.1 Å². The minimum atomic E-state index is -0.550. The van der Waals surface area contributed by atoms with Gasteiger partial charge in [-0.1, -0.05) is 0 Å². The van der Waals surface area contributed by atoms with Crippen molar-refractivity contribution in [3.05, 3.63) is 18.1 Å². The predicted molar refractivity (Wildman–Crippen MR) is 47.3 cm³/mol. The van der Waals surface area contributed by atoms with Crippen LogP contribution in [0, 0.1) is 0 Å². The Morgan fingerprint density at radius 1 is 1.46 bits per heavy atom. The monoisotopic (exact) mass is 179 g/mol. The van der Waals surface area contributed by atoms with Gasteiger partial charge in [0.1, 0.15) is 5.69 Å². The molecule has 4 N–H and O–H groups in total. The maximum Gasteiger partial charge on any atom is 0.172 e. The molecule has 2 heterocycles. The van der Waals surface area contributed by atoms with E-state index in [0.717, 1.165) is 0 Å². The van der Waals surface area contributed by atoms with E-state index in [4.69, 9.17) is 10.8 Å². The van der Waals surface area contributed by atoms with E-state index in [1.54, 1.807) is 12.4 Å². The molecule has 0 aromatic carbocycles. The van der Waals surface area contributed by atoms with Crippen molar-refractivity contribution in [2.45, 2.75) is 6.29 Å². The van der Waals surface area contributed by atoms with Crippen molar-refractivity contribution in [3.63, 3.8) is 0 Å². The summed E-state index contributed by atoms with van der Waals surface area (Å²) in [6.07, 6.45) is 2.55. The Kier molecular flexibility index (Phi) is 1.91. The molecule has 1 aliphatic rings. The normalized spacial score (nSPS) is 20.2. The molecule has 0 spiro atoms. The van der Waals surface area contributed by atoms with Gasteiger partial charge in [-0.2, -0.15) is 0 Å². The Morgan fingerprint density at radius 3 is 3.00 bits per heavy atom. The van der Waals surface area contributed by atoms with Crippen molar-refractivity contribution in [1.82, 2.24) is 9.97 Å². The molecule has 0 bridgehead atoms. The van der Waals surface area contributed by atoms with Crippen LogP contribution in [0.1, 0.15) is 5.69 Å². The molecule has 68 valence electrons. The molecule has 1 aliphatic heterocycles. The highest BCUT2D eigenvalue weighted by Gasteiger charge is 2.18. The molecule has 2 rings (SSSR count). The molecule has 0 saturated heterocycles. The van der Waals surface area contributed by atoms with Crippen molar-refractivity contribution < 1.29 is 5.11 Å². The SMILES string of the molecule is NC1N=C(CO)c2nccnc2N1. The zero-order valence-corrected chi connectivity index (χ0v) is 6.81. The summed E-state index contributed by atoms with van der Waals surface area (Å²) in [5, 5.41) is 11.8. The van der Waals surface area contributed by atoms with Crippen LogP contribution in [0.4, 0.5) is 5.82 Å². The van der Waals surface area contributed by atoms with Crippen molar-refractivity contribution >= 4 is 11.5 Å². The molecule has 0 radical (unpaired) electrons. The van der Waals surface area contributed by atoms with Gasteiger partial charge in [-0.25, -0.2) is 15.0 Å². The van der Waals surface area contributed by atoms with Crippen LogP contribution in [0.2, 0.25) is 0 Å². The third kappa shape index (κ3) is 1.36. The average molecular weight is 179 g/mol. The smallest absolute Gasteiger partial charge is 0.172 e. The Hall–Kier alpha value is -1.53. The van der Waals surface area contributed by atoms with E-state index in [-0.39, 0.29) is 6.61 Å². The Labute approximate surface area is 74.5 Å². The summed E-state index contributed by atoms with van der Waals surface area (Å²) in [5.74, 6) is 0.564. The molecular formula is C7H9N5O. The van der Waals surface area contributed by atoms with Crippen molar-refractivity contribution in [3.8, 4) is 0 Å². The van der Waals surface area contributed by atoms with Gasteiger partial charge in [0, 0.05) is 12.4 Å². The van der Waals surface area contributed by atoms with E-state index in [9.17, 15) is 0 Å². The van der Waals surface area contributed by atoms with E-state index >= 15 is 0 Å². The molecule has 0 amide bonds. The number of hydrogen-bond donors (Lipinski definition) is 3. The summed E-state index contributed by atoms with van der Waals surface area (Å²) in [5.41, 5.74) is 6.57. The molecule has 6 heteroatoms. The van der Waals surface area contributed by atoms with Crippen LogP contribution >= 0.6 is 0 Å². The summed E-state index contributed by atoms with van der Waals surface area (Å²) in [6.45, 7) is -0.179. The Morgan fingerprint density at radius 2 is 2.23 bits per heavy atom. The minimum absolute atomic E-state index is 0.179. The lowest BCUT2D eigenvalue weighted by Crippen LogP contribution is -2.35. The molecule has 6 nitrogen and oxygen atoms in total. The molecule has 1 atom stereocenters. The fourth-order valence-corrected chi connectivity index (χ4v) is 1.17. The van der Waals surface area contributed by atoms with E-state index in [2.05, 4.69) is 20.3 Å². The molecular weight excluding hydrogens is 170 g/mol. The van der Waals surface area contributed by atoms with Crippen LogP contribution < -0.4 is 11.1 Å². The topological polar surface area (TPSA) is 96.4 Å². The van der Waals surface area contributed by atoms with Crippen LogP contribution in [0.15, 0.2) is 17.4 Å². The summed E-state index contributed by atoms with van der Waals surface area (Å²) in [7, 11) is 0. The van der Waals surface area contributed by atoms with Crippen LogP contribution in [-0.2, 0) is 0 Å². The van der Waals surface area contributed by atoms with Crippen LogP contribution in [-0.4, -0.2) is 33.7 Å². The van der Waals surface area contributed by atoms with E-state index < -0.39 is 6.29 Å². The number of rotatable bonds is 1. The first-order chi connectivity index (χ1) is 6.31. The second-order valence-corrected chi connectivity index (χ2v) is 2.58. The van der Waals surface area contributed by atoms with Crippen LogP contribution in [0.25, 0.3) is 0 Å². The van der Waals surface area contributed by atoms with Crippen molar-refractivity contribution in [2.24, 2.45) is 10.7 Å². The second kappa shape index (κ2) is 3.08. The number of nitrogens with two attached hydrogens (primary N) is 1. The zero-order valence-electron chi connectivity index (χ0n) is 6.81. The quantitative estimate of drug-likeness (QED) is 0.510. The van der Waals surface area contributed by atoms with Gasteiger partial charge in [-0.15, -0.1) is 0 Å².